The number of rotatable bonds is 2. The number of nitrogens with two attached hydrogens (primary N) is 1. The second kappa shape index (κ2) is 6.04. The molecule has 1 aromatic carbocycles. The lowest BCUT2D eigenvalue weighted by Crippen LogP contribution is -2.42. The Bertz CT molecular complexity index is 462. The fourth-order valence-electron chi connectivity index (χ4n) is 2.24. The maximum atomic E-state index is 13.4. The van der Waals surface area contributed by atoms with Crippen LogP contribution < -0.4 is 5.73 Å². The highest BCUT2D eigenvalue weighted by Crippen LogP contribution is 2.16. The highest BCUT2D eigenvalue weighted by Gasteiger charge is 2.16. The van der Waals surface area contributed by atoms with Crippen LogP contribution in [0.4, 0.5) is 4.39 Å². The molecule has 19 heavy (non-hydrogen) atoms. The van der Waals surface area contributed by atoms with Gasteiger partial charge >= 0.3 is 0 Å². The molecule has 1 aromatic rings. The second-order valence-electron chi connectivity index (χ2n) is 5.43. The summed E-state index contributed by atoms with van der Waals surface area (Å²) in [6.45, 7) is 6.40. The van der Waals surface area contributed by atoms with E-state index in [0.717, 1.165) is 37.4 Å². The molecule has 104 valence electrons. The Morgan fingerprint density at radius 1 is 1.42 bits per heavy atom. The number of hydrogen-bond donors (Lipinski definition) is 1. The van der Waals surface area contributed by atoms with Crippen molar-refractivity contribution in [2.24, 2.45) is 16.6 Å². The summed E-state index contributed by atoms with van der Waals surface area (Å²) in [5.41, 5.74) is 7.51. The average Bonchev–Trinajstić information content (AvgIpc) is 2.40. The predicted octanol–water partition coefficient (Wildman–Crippen LogP) is 2.68. The number of piperidine rings is 1. The number of nitrogens with zero attached hydrogens (tertiary/aromatic N) is 2. The zero-order valence-corrected chi connectivity index (χ0v) is 11.7. The van der Waals surface area contributed by atoms with Crippen LogP contribution in [0.1, 0.15) is 30.9 Å². The molecule has 0 radical (unpaired) electrons. The van der Waals surface area contributed by atoms with Crippen molar-refractivity contribution in [2.45, 2.75) is 33.2 Å². The molecule has 2 rings (SSSR count). The van der Waals surface area contributed by atoms with Gasteiger partial charge in [0.15, 0.2) is 5.96 Å². The van der Waals surface area contributed by atoms with E-state index in [4.69, 9.17) is 5.73 Å². The van der Waals surface area contributed by atoms with E-state index in [-0.39, 0.29) is 5.82 Å². The first-order valence-electron chi connectivity index (χ1n) is 6.86. The lowest BCUT2D eigenvalue weighted by Gasteiger charge is -2.31. The first-order chi connectivity index (χ1) is 9.06. The number of benzene rings is 1. The van der Waals surface area contributed by atoms with E-state index in [1.807, 2.05) is 6.07 Å². The number of hydrogen-bond acceptors (Lipinski definition) is 1. The van der Waals surface area contributed by atoms with Crippen molar-refractivity contribution in [1.29, 1.82) is 0 Å². The van der Waals surface area contributed by atoms with Crippen molar-refractivity contribution >= 4 is 5.96 Å². The third-order valence-electron chi connectivity index (χ3n) is 3.77. The quantitative estimate of drug-likeness (QED) is 0.658. The van der Waals surface area contributed by atoms with E-state index >= 15 is 0 Å². The fraction of sp³-hybridized carbons (Fsp3) is 0.533. The van der Waals surface area contributed by atoms with Gasteiger partial charge in [0, 0.05) is 13.1 Å². The number of aryl methyl sites for hydroxylation is 1. The molecular formula is C15H22FN3. The molecule has 0 saturated carbocycles. The fourth-order valence-corrected chi connectivity index (χ4v) is 2.24. The average molecular weight is 263 g/mol. The van der Waals surface area contributed by atoms with Gasteiger partial charge in [0.2, 0.25) is 0 Å². The highest BCUT2D eigenvalue weighted by atomic mass is 19.1. The molecule has 1 heterocycles. The Morgan fingerprint density at radius 2 is 2.11 bits per heavy atom. The largest absolute Gasteiger partial charge is 0.370 e. The van der Waals surface area contributed by atoms with Crippen LogP contribution in [0, 0.1) is 18.7 Å². The minimum absolute atomic E-state index is 0.182. The molecule has 0 amide bonds. The molecule has 0 bridgehead atoms. The minimum Gasteiger partial charge on any atom is -0.370 e. The molecule has 1 aliphatic rings. The van der Waals surface area contributed by atoms with Crippen LogP contribution in [0.2, 0.25) is 0 Å². The summed E-state index contributed by atoms with van der Waals surface area (Å²) in [6, 6.07) is 5.21. The van der Waals surface area contributed by atoms with Crippen molar-refractivity contribution < 1.29 is 4.39 Å². The summed E-state index contributed by atoms with van der Waals surface area (Å²) < 4.78 is 13.4. The van der Waals surface area contributed by atoms with Gasteiger partial charge in [-0.25, -0.2) is 9.38 Å². The van der Waals surface area contributed by atoms with E-state index in [2.05, 4.69) is 16.8 Å². The van der Waals surface area contributed by atoms with Gasteiger partial charge in [-0.05, 0) is 42.9 Å². The molecular weight excluding hydrogens is 241 g/mol. The molecule has 0 aromatic heterocycles. The molecule has 1 aliphatic heterocycles. The standard InChI is InChI=1S/C15H22FN3/c1-11-5-7-19(8-6-11)15(17)18-10-13-4-3-12(2)14(16)9-13/h3-4,9,11H,5-8,10H2,1-2H3,(H2,17,18). The van der Waals surface area contributed by atoms with Crippen LogP contribution in [-0.2, 0) is 6.54 Å². The van der Waals surface area contributed by atoms with Gasteiger partial charge < -0.3 is 10.6 Å². The molecule has 0 aliphatic carbocycles. The van der Waals surface area contributed by atoms with Gasteiger partial charge in [-0.2, -0.15) is 0 Å². The summed E-state index contributed by atoms with van der Waals surface area (Å²) in [6.07, 6.45) is 2.32. The van der Waals surface area contributed by atoms with Crippen LogP contribution in [0.25, 0.3) is 0 Å². The van der Waals surface area contributed by atoms with Crippen molar-refractivity contribution in [2.75, 3.05) is 13.1 Å². The molecule has 1 saturated heterocycles. The van der Waals surface area contributed by atoms with E-state index < -0.39 is 0 Å². The Labute approximate surface area is 114 Å². The van der Waals surface area contributed by atoms with Gasteiger partial charge in [-0.1, -0.05) is 19.1 Å². The van der Waals surface area contributed by atoms with Crippen LogP contribution >= 0.6 is 0 Å². The van der Waals surface area contributed by atoms with Gasteiger partial charge in [0.25, 0.3) is 0 Å². The molecule has 0 atom stereocenters. The van der Waals surface area contributed by atoms with Crippen molar-refractivity contribution in [1.82, 2.24) is 4.90 Å². The van der Waals surface area contributed by atoms with E-state index in [9.17, 15) is 4.39 Å². The zero-order chi connectivity index (χ0) is 13.8. The topological polar surface area (TPSA) is 41.6 Å². The third kappa shape index (κ3) is 3.69. The Balaban J connectivity index is 1.95. The van der Waals surface area contributed by atoms with Gasteiger partial charge in [-0.15, -0.1) is 0 Å². The predicted molar refractivity (Wildman–Crippen MR) is 76.4 cm³/mol. The van der Waals surface area contributed by atoms with Crippen molar-refractivity contribution in [3.8, 4) is 0 Å². The van der Waals surface area contributed by atoms with Crippen LogP contribution in [0.5, 0.6) is 0 Å². The monoisotopic (exact) mass is 263 g/mol. The summed E-state index contributed by atoms with van der Waals surface area (Å²) in [5, 5.41) is 0. The number of guanidine groups is 1. The van der Waals surface area contributed by atoms with Gasteiger partial charge in [0.05, 0.1) is 6.54 Å². The number of likely N-dealkylation sites (tertiary alicyclic amines) is 1. The Hall–Kier alpha value is -1.58. The second-order valence-corrected chi connectivity index (χ2v) is 5.43. The first kappa shape index (κ1) is 13.8. The van der Waals surface area contributed by atoms with E-state index in [1.54, 1.807) is 13.0 Å². The summed E-state index contributed by atoms with van der Waals surface area (Å²) >= 11 is 0. The van der Waals surface area contributed by atoms with Crippen LogP contribution in [-0.4, -0.2) is 23.9 Å². The van der Waals surface area contributed by atoms with Crippen LogP contribution in [0.3, 0.4) is 0 Å². The molecule has 2 N–H and O–H groups in total. The van der Waals surface area contributed by atoms with Crippen molar-refractivity contribution in [3.63, 3.8) is 0 Å². The van der Waals surface area contributed by atoms with E-state index in [0.29, 0.717) is 18.1 Å². The summed E-state index contributed by atoms with van der Waals surface area (Å²) in [5.74, 6) is 1.17. The third-order valence-corrected chi connectivity index (χ3v) is 3.77. The highest BCUT2D eigenvalue weighted by molar-refractivity contribution is 5.78. The molecule has 0 spiro atoms. The molecule has 0 unspecified atom stereocenters. The lowest BCUT2D eigenvalue weighted by molar-refractivity contribution is 0.277. The smallest absolute Gasteiger partial charge is 0.191 e. The van der Waals surface area contributed by atoms with Crippen molar-refractivity contribution in [3.05, 3.63) is 35.1 Å². The van der Waals surface area contributed by atoms with E-state index in [1.165, 1.54) is 6.07 Å². The van der Waals surface area contributed by atoms with Gasteiger partial charge in [0.1, 0.15) is 5.82 Å². The zero-order valence-electron chi connectivity index (χ0n) is 11.7. The number of halogens is 1. The number of aliphatic imine (C=N–C) groups is 1. The summed E-state index contributed by atoms with van der Waals surface area (Å²) in [4.78, 5) is 6.48. The SMILES string of the molecule is Cc1ccc(CN=C(N)N2CCC(C)CC2)cc1F. The molecule has 4 heteroatoms. The Morgan fingerprint density at radius 3 is 2.74 bits per heavy atom. The minimum atomic E-state index is -0.182. The molecule has 3 nitrogen and oxygen atoms in total. The van der Waals surface area contributed by atoms with Crippen LogP contribution in [0.15, 0.2) is 23.2 Å². The first-order valence-corrected chi connectivity index (χ1v) is 6.86. The maximum absolute atomic E-state index is 13.4. The lowest BCUT2D eigenvalue weighted by atomic mass is 10.00. The molecule has 1 fully saturated rings. The Kier molecular flexibility index (Phi) is 4.40. The normalized spacial score (nSPS) is 17.8. The summed E-state index contributed by atoms with van der Waals surface area (Å²) in [7, 11) is 0. The van der Waals surface area contributed by atoms with Gasteiger partial charge in [-0.3, -0.25) is 0 Å². The maximum Gasteiger partial charge on any atom is 0.191 e.